The van der Waals surface area contributed by atoms with Crippen LogP contribution in [-0.4, -0.2) is 37.5 Å². The van der Waals surface area contributed by atoms with Crippen LogP contribution in [0.5, 0.6) is 0 Å². The molecule has 2 aromatic heterocycles. The van der Waals surface area contributed by atoms with E-state index in [1.54, 1.807) is 25.3 Å². The summed E-state index contributed by atoms with van der Waals surface area (Å²) < 4.78 is 14.0. The Morgan fingerprint density at radius 2 is 2.21 bits per heavy atom. The maximum Gasteiger partial charge on any atom is 0.333 e. The zero-order valence-corrected chi connectivity index (χ0v) is 15.3. The molecule has 0 aliphatic carbocycles. The van der Waals surface area contributed by atoms with Crippen molar-refractivity contribution in [1.82, 2.24) is 19.3 Å². The van der Waals surface area contributed by atoms with Gasteiger partial charge in [-0.1, -0.05) is 6.07 Å². The Bertz CT molecular complexity index is 1060. The zero-order valence-electron chi connectivity index (χ0n) is 15.3. The number of rotatable bonds is 5. The van der Waals surface area contributed by atoms with E-state index in [4.69, 9.17) is 9.15 Å². The van der Waals surface area contributed by atoms with Crippen molar-refractivity contribution in [3.63, 3.8) is 0 Å². The third-order valence-corrected chi connectivity index (χ3v) is 4.73. The van der Waals surface area contributed by atoms with E-state index in [2.05, 4.69) is 10.2 Å². The lowest BCUT2D eigenvalue weighted by atomic mass is 10.0. The second kappa shape index (κ2) is 7.39. The molecule has 1 aromatic carbocycles. The molecule has 0 saturated carbocycles. The average Bonchev–Trinajstić information content (AvgIpc) is 3.27. The van der Waals surface area contributed by atoms with E-state index in [-0.39, 0.29) is 23.8 Å². The van der Waals surface area contributed by atoms with E-state index >= 15 is 0 Å². The molecular formula is C18H19N5O5. The first-order valence-electron chi connectivity index (χ1n) is 8.96. The largest absolute Gasteiger partial charge is 0.423 e. The van der Waals surface area contributed by atoms with E-state index in [0.717, 1.165) is 19.4 Å². The molecule has 1 saturated heterocycles. The Morgan fingerprint density at radius 3 is 2.96 bits per heavy atom. The highest BCUT2D eigenvalue weighted by Gasteiger charge is 2.22. The fraction of sp³-hybridized carbons (Fsp3) is 0.389. The molecule has 146 valence electrons. The molecule has 1 aliphatic rings. The van der Waals surface area contributed by atoms with Crippen LogP contribution in [0.3, 0.4) is 0 Å². The van der Waals surface area contributed by atoms with Crippen molar-refractivity contribution in [2.45, 2.75) is 32.2 Å². The lowest BCUT2D eigenvalue weighted by Gasteiger charge is -2.18. The molecule has 1 atom stereocenters. The van der Waals surface area contributed by atoms with Gasteiger partial charge in [0.15, 0.2) is 0 Å². The smallest absolute Gasteiger partial charge is 0.333 e. The monoisotopic (exact) mass is 385 g/mol. The summed E-state index contributed by atoms with van der Waals surface area (Å²) in [5.41, 5.74) is 0.665. The van der Waals surface area contributed by atoms with Crippen molar-refractivity contribution < 1.29 is 14.1 Å². The maximum absolute atomic E-state index is 12.8. The summed E-state index contributed by atoms with van der Waals surface area (Å²) in [6, 6.07) is 5.95. The summed E-state index contributed by atoms with van der Waals surface area (Å²) in [4.78, 5) is 23.4. The zero-order chi connectivity index (χ0) is 19.7. The Balaban J connectivity index is 1.60. The second-order valence-electron chi connectivity index (χ2n) is 6.74. The Hall–Kier alpha value is -3.27. The minimum absolute atomic E-state index is 0.0761. The SMILES string of the molecule is Cc1cn(Cc2nnc(C3CCCOC3)o2)c(=O)n1-c1cccc([N+](=O)[O-])c1. The van der Waals surface area contributed by atoms with Crippen molar-refractivity contribution in [1.29, 1.82) is 0 Å². The number of ether oxygens (including phenoxy) is 1. The molecular weight excluding hydrogens is 366 g/mol. The molecule has 10 heteroatoms. The minimum atomic E-state index is -0.490. The van der Waals surface area contributed by atoms with Crippen molar-refractivity contribution in [2.75, 3.05) is 13.2 Å². The summed E-state index contributed by atoms with van der Waals surface area (Å²) in [6.45, 7) is 3.19. The van der Waals surface area contributed by atoms with Gasteiger partial charge in [-0.15, -0.1) is 10.2 Å². The number of nitro benzene ring substituents is 1. The fourth-order valence-electron chi connectivity index (χ4n) is 3.37. The number of non-ortho nitro benzene ring substituents is 1. The van der Waals surface area contributed by atoms with Crippen LogP contribution in [0.25, 0.3) is 5.69 Å². The van der Waals surface area contributed by atoms with E-state index in [1.165, 1.54) is 21.3 Å². The van der Waals surface area contributed by atoms with Crippen molar-refractivity contribution in [2.24, 2.45) is 0 Å². The highest BCUT2D eigenvalue weighted by Crippen LogP contribution is 2.24. The number of nitro groups is 1. The van der Waals surface area contributed by atoms with Crippen LogP contribution in [-0.2, 0) is 11.3 Å². The molecule has 1 fully saturated rings. The van der Waals surface area contributed by atoms with Crippen LogP contribution in [0.2, 0.25) is 0 Å². The van der Waals surface area contributed by atoms with Gasteiger partial charge in [-0.25, -0.2) is 4.79 Å². The average molecular weight is 385 g/mol. The molecule has 0 N–H and O–H groups in total. The molecule has 1 unspecified atom stereocenters. The first kappa shape index (κ1) is 18.1. The van der Waals surface area contributed by atoms with Gasteiger partial charge in [-0.2, -0.15) is 0 Å². The summed E-state index contributed by atoms with van der Waals surface area (Å²) in [5, 5.41) is 19.1. The number of hydrogen-bond donors (Lipinski definition) is 0. The van der Waals surface area contributed by atoms with Crippen LogP contribution in [0.4, 0.5) is 5.69 Å². The molecule has 28 heavy (non-hydrogen) atoms. The minimum Gasteiger partial charge on any atom is -0.423 e. The van der Waals surface area contributed by atoms with Crippen LogP contribution in [0.1, 0.15) is 36.2 Å². The fourth-order valence-corrected chi connectivity index (χ4v) is 3.37. The number of nitrogens with zero attached hydrogens (tertiary/aromatic N) is 5. The van der Waals surface area contributed by atoms with Gasteiger partial charge in [-0.05, 0) is 25.8 Å². The van der Waals surface area contributed by atoms with Crippen molar-refractivity contribution in [3.05, 3.63) is 68.5 Å². The quantitative estimate of drug-likeness (QED) is 0.488. The third-order valence-electron chi connectivity index (χ3n) is 4.73. The van der Waals surface area contributed by atoms with Gasteiger partial charge in [0.25, 0.3) is 5.69 Å². The predicted octanol–water partition coefficient (Wildman–Crippen LogP) is 2.18. The lowest BCUT2D eigenvalue weighted by molar-refractivity contribution is -0.384. The molecule has 0 amide bonds. The van der Waals surface area contributed by atoms with E-state index in [9.17, 15) is 14.9 Å². The first-order chi connectivity index (χ1) is 13.5. The summed E-state index contributed by atoms with van der Waals surface area (Å²) in [5.74, 6) is 0.944. The van der Waals surface area contributed by atoms with Gasteiger partial charge in [-0.3, -0.25) is 19.2 Å². The summed E-state index contributed by atoms with van der Waals surface area (Å²) in [7, 11) is 0. The topological polar surface area (TPSA) is 118 Å². The first-order valence-corrected chi connectivity index (χ1v) is 8.96. The molecule has 0 bridgehead atoms. The third kappa shape index (κ3) is 3.46. The van der Waals surface area contributed by atoms with Gasteiger partial charge in [0.1, 0.15) is 6.54 Å². The number of aryl methyl sites for hydroxylation is 1. The molecule has 3 aromatic rings. The van der Waals surface area contributed by atoms with Crippen LogP contribution < -0.4 is 5.69 Å². The van der Waals surface area contributed by atoms with Gasteiger partial charge >= 0.3 is 5.69 Å². The molecule has 10 nitrogen and oxygen atoms in total. The van der Waals surface area contributed by atoms with E-state index < -0.39 is 4.92 Å². The van der Waals surface area contributed by atoms with Crippen molar-refractivity contribution >= 4 is 5.69 Å². The Kier molecular flexibility index (Phi) is 4.78. The van der Waals surface area contributed by atoms with E-state index in [0.29, 0.717) is 29.8 Å². The Morgan fingerprint density at radius 1 is 1.36 bits per heavy atom. The number of imidazole rings is 1. The number of aromatic nitrogens is 4. The standard InChI is InChI=1S/C18H19N5O5/c1-12-9-21(10-16-19-20-17(28-16)13-4-3-7-27-11-13)18(24)22(12)14-5-2-6-15(8-14)23(25)26/h2,5-6,8-9,13H,3-4,7,10-11H2,1H3. The highest BCUT2D eigenvalue weighted by atomic mass is 16.6. The lowest BCUT2D eigenvalue weighted by Crippen LogP contribution is -2.24. The summed E-state index contributed by atoms with van der Waals surface area (Å²) >= 11 is 0. The van der Waals surface area contributed by atoms with Crippen LogP contribution in [0, 0.1) is 17.0 Å². The van der Waals surface area contributed by atoms with Gasteiger partial charge in [0, 0.05) is 30.6 Å². The summed E-state index contributed by atoms with van der Waals surface area (Å²) in [6.07, 6.45) is 3.55. The maximum atomic E-state index is 12.8. The van der Waals surface area contributed by atoms with Crippen LogP contribution in [0.15, 0.2) is 39.7 Å². The van der Waals surface area contributed by atoms with Crippen LogP contribution >= 0.6 is 0 Å². The molecule has 0 spiro atoms. The molecule has 3 heterocycles. The van der Waals surface area contributed by atoms with E-state index in [1.807, 2.05) is 0 Å². The highest BCUT2D eigenvalue weighted by molar-refractivity contribution is 5.44. The number of hydrogen-bond acceptors (Lipinski definition) is 7. The number of benzene rings is 1. The molecule has 4 rings (SSSR count). The molecule has 0 radical (unpaired) electrons. The normalized spacial score (nSPS) is 17.0. The van der Waals surface area contributed by atoms with Crippen molar-refractivity contribution in [3.8, 4) is 5.69 Å². The predicted molar refractivity (Wildman–Crippen MR) is 97.6 cm³/mol. The van der Waals surface area contributed by atoms with Gasteiger partial charge in [0.2, 0.25) is 11.8 Å². The van der Waals surface area contributed by atoms with Gasteiger partial charge < -0.3 is 9.15 Å². The Labute approximate surface area is 159 Å². The van der Waals surface area contributed by atoms with Gasteiger partial charge in [0.05, 0.1) is 23.1 Å². The second-order valence-corrected chi connectivity index (χ2v) is 6.74. The molecule has 1 aliphatic heterocycles.